The minimum absolute atomic E-state index is 0.161. The lowest BCUT2D eigenvalue weighted by Crippen LogP contribution is -2.33. The molecule has 0 spiro atoms. The van der Waals surface area contributed by atoms with E-state index in [0.717, 1.165) is 6.42 Å². The van der Waals surface area contributed by atoms with Crippen molar-refractivity contribution in [2.45, 2.75) is 19.3 Å². The van der Waals surface area contributed by atoms with Gasteiger partial charge in [-0.25, -0.2) is 0 Å². The second kappa shape index (κ2) is 5.73. The summed E-state index contributed by atoms with van der Waals surface area (Å²) in [6, 6.07) is 7.19. The fraction of sp³-hybridized carbons (Fsp3) is 0.429. The quantitative estimate of drug-likeness (QED) is 0.863. The third kappa shape index (κ3) is 2.86. The van der Waals surface area contributed by atoms with Crippen molar-refractivity contribution in [3.63, 3.8) is 0 Å². The molecule has 5 heteroatoms. The van der Waals surface area contributed by atoms with E-state index in [2.05, 4.69) is 5.32 Å². The largest absolute Gasteiger partial charge is 0.495 e. The van der Waals surface area contributed by atoms with Crippen molar-refractivity contribution in [1.29, 1.82) is 0 Å². The van der Waals surface area contributed by atoms with E-state index in [0.29, 0.717) is 24.3 Å². The van der Waals surface area contributed by atoms with E-state index >= 15 is 0 Å². The number of benzene rings is 1. The van der Waals surface area contributed by atoms with Crippen molar-refractivity contribution in [2.75, 3.05) is 12.4 Å². The minimum atomic E-state index is -0.391. The van der Waals surface area contributed by atoms with Crippen molar-refractivity contribution in [1.82, 2.24) is 0 Å². The summed E-state index contributed by atoms with van der Waals surface area (Å²) in [6.45, 7) is 0. The molecule has 1 aliphatic carbocycles. The van der Waals surface area contributed by atoms with Gasteiger partial charge in [-0.05, 0) is 25.0 Å². The Bertz CT molecular complexity index is 487. The number of amides is 2. The molecule has 2 amide bonds. The molecular formula is C14H18N2O3. The Kier molecular flexibility index (Phi) is 4.04. The summed E-state index contributed by atoms with van der Waals surface area (Å²) in [7, 11) is 1.55. The summed E-state index contributed by atoms with van der Waals surface area (Å²) < 4.78 is 5.18. The molecule has 1 aromatic rings. The van der Waals surface area contributed by atoms with Crippen LogP contribution in [0, 0.1) is 11.8 Å². The van der Waals surface area contributed by atoms with Gasteiger partial charge in [-0.1, -0.05) is 18.6 Å². The van der Waals surface area contributed by atoms with Gasteiger partial charge in [0.1, 0.15) is 5.75 Å². The van der Waals surface area contributed by atoms with E-state index in [1.165, 1.54) is 0 Å². The molecular weight excluding hydrogens is 244 g/mol. The number of hydrogen-bond acceptors (Lipinski definition) is 3. The molecule has 1 aromatic carbocycles. The van der Waals surface area contributed by atoms with Gasteiger partial charge in [0.2, 0.25) is 11.8 Å². The molecule has 0 aliphatic heterocycles. The van der Waals surface area contributed by atoms with E-state index in [-0.39, 0.29) is 17.7 Å². The summed E-state index contributed by atoms with van der Waals surface area (Å²) in [5.41, 5.74) is 5.95. The molecule has 1 fully saturated rings. The number of hydrogen-bond donors (Lipinski definition) is 2. The zero-order valence-electron chi connectivity index (χ0n) is 10.9. The van der Waals surface area contributed by atoms with Crippen LogP contribution in [0.4, 0.5) is 5.69 Å². The van der Waals surface area contributed by atoms with Crippen LogP contribution < -0.4 is 15.8 Å². The fourth-order valence-corrected chi connectivity index (χ4v) is 2.59. The third-order valence-corrected chi connectivity index (χ3v) is 3.58. The number of nitrogens with two attached hydrogens (primary N) is 1. The predicted molar refractivity (Wildman–Crippen MR) is 71.6 cm³/mol. The first-order valence-electron chi connectivity index (χ1n) is 6.36. The Balaban J connectivity index is 2.10. The Morgan fingerprint density at radius 3 is 2.63 bits per heavy atom. The van der Waals surface area contributed by atoms with Gasteiger partial charge < -0.3 is 15.8 Å². The first-order valence-corrected chi connectivity index (χ1v) is 6.36. The fourth-order valence-electron chi connectivity index (χ4n) is 2.59. The van der Waals surface area contributed by atoms with Gasteiger partial charge in [-0.2, -0.15) is 0 Å². The van der Waals surface area contributed by atoms with Crippen LogP contribution in [0.1, 0.15) is 19.3 Å². The van der Waals surface area contributed by atoms with Crippen LogP contribution >= 0.6 is 0 Å². The summed E-state index contributed by atoms with van der Waals surface area (Å²) in [5, 5.41) is 2.82. The number of carbonyl (C=O) groups is 2. The summed E-state index contributed by atoms with van der Waals surface area (Å²) in [5.74, 6) is -0.634. The summed E-state index contributed by atoms with van der Waals surface area (Å²) in [6.07, 6.45) is 2.26. The van der Waals surface area contributed by atoms with Crippen molar-refractivity contribution in [3.05, 3.63) is 24.3 Å². The maximum absolute atomic E-state index is 12.2. The molecule has 2 atom stereocenters. The molecule has 0 saturated heterocycles. The smallest absolute Gasteiger partial charge is 0.228 e. The van der Waals surface area contributed by atoms with Gasteiger partial charge in [-0.15, -0.1) is 0 Å². The summed E-state index contributed by atoms with van der Waals surface area (Å²) in [4.78, 5) is 23.5. The average molecular weight is 262 g/mol. The Labute approximate surface area is 112 Å². The van der Waals surface area contributed by atoms with Crippen LogP contribution in [-0.4, -0.2) is 18.9 Å². The molecule has 102 valence electrons. The maximum Gasteiger partial charge on any atom is 0.228 e. The first-order chi connectivity index (χ1) is 9.13. The number of carbonyl (C=O) groups excluding carboxylic acids is 2. The SMILES string of the molecule is COc1ccccc1NC(=O)[C@@H]1CCC[C@H]1C(N)=O. The van der Waals surface area contributed by atoms with Crippen LogP contribution in [0.2, 0.25) is 0 Å². The monoisotopic (exact) mass is 262 g/mol. The van der Waals surface area contributed by atoms with Gasteiger partial charge >= 0.3 is 0 Å². The molecule has 1 saturated carbocycles. The van der Waals surface area contributed by atoms with E-state index < -0.39 is 5.91 Å². The van der Waals surface area contributed by atoms with Crippen molar-refractivity contribution >= 4 is 17.5 Å². The van der Waals surface area contributed by atoms with E-state index in [4.69, 9.17) is 10.5 Å². The molecule has 0 aromatic heterocycles. The van der Waals surface area contributed by atoms with Gasteiger partial charge in [0.05, 0.1) is 12.8 Å². The normalized spacial score (nSPS) is 21.9. The number of primary amides is 1. The number of methoxy groups -OCH3 is 1. The number of ether oxygens (including phenoxy) is 1. The van der Waals surface area contributed by atoms with Crippen LogP contribution in [0.3, 0.4) is 0 Å². The van der Waals surface area contributed by atoms with Crippen LogP contribution in [0.5, 0.6) is 5.75 Å². The number of anilines is 1. The lowest BCUT2D eigenvalue weighted by molar-refractivity contribution is -0.129. The molecule has 1 aliphatic rings. The second-order valence-corrected chi connectivity index (χ2v) is 4.74. The lowest BCUT2D eigenvalue weighted by atomic mass is 9.94. The predicted octanol–water partition coefficient (Wildman–Crippen LogP) is 1.54. The van der Waals surface area contributed by atoms with Gasteiger partial charge in [0.25, 0.3) is 0 Å². The highest BCUT2D eigenvalue weighted by Crippen LogP contribution is 2.33. The molecule has 0 heterocycles. The molecule has 0 unspecified atom stereocenters. The number of nitrogens with one attached hydrogen (secondary N) is 1. The zero-order chi connectivity index (χ0) is 13.8. The maximum atomic E-state index is 12.2. The number of rotatable bonds is 4. The molecule has 2 rings (SSSR count). The number of para-hydroxylation sites is 2. The Morgan fingerprint density at radius 1 is 1.26 bits per heavy atom. The second-order valence-electron chi connectivity index (χ2n) is 4.74. The van der Waals surface area contributed by atoms with Crippen molar-refractivity contribution < 1.29 is 14.3 Å². The lowest BCUT2D eigenvalue weighted by Gasteiger charge is -2.17. The topological polar surface area (TPSA) is 81.4 Å². The molecule has 0 radical (unpaired) electrons. The van der Waals surface area contributed by atoms with Crippen molar-refractivity contribution in [2.24, 2.45) is 17.6 Å². The minimum Gasteiger partial charge on any atom is -0.495 e. The van der Waals surface area contributed by atoms with Crippen LogP contribution in [-0.2, 0) is 9.59 Å². The zero-order valence-corrected chi connectivity index (χ0v) is 10.9. The highest BCUT2D eigenvalue weighted by atomic mass is 16.5. The van der Waals surface area contributed by atoms with Crippen LogP contribution in [0.25, 0.3) is 0 Å². The van der Waals surface area contributed by atoms with Gasteiger partial charge in [-0.3, -0.25) is 9.59 Å². The molecule has 5 nitrogen and oxygen atoms in total. The van der Waals surface area contributed by atoms with Gasteiger partial charge in [0, 0.05) is 11.8 Å². The third-order valence-electron chi connectivity index (χ3n) is 3.58. The highest BCUT2D eigenvalue weighted by Gasteiger charge is 2.36. The van der Waals surface area contributed by atoms with E-state index in [9.17, 15) is 9.59 Å². The van der Waals surface area contributed by atoms with E-state index in [1.54, 1.807) is 19.2 Å². The summed E-state index contributed by atoms with van der Waals surface area (Å²) >= 11 is 0. The Morgan fingerprint density at radius 2 is 1.95 bits per heavy atom. The highest BCUT2D eigenvalue weighted by molar-refractivity contribution is 5.97. The van der Waals surface area contributed by atoms with Gasteiger partial charge in [0.15, 0.2) is 0 Å². The standard InChI is InChI=1S/C14H18N2O3/c1-19-12-8-3-2-7-11(12)16-14(18)10-6-4-5-9(10)13(15)17/h2-3,7-10H,4-6H2,1H3,(H2,15,17)(H,16,18)/t9-,10-/m1/s1. The molecule has 3 N–H and O–H groups in total. The average Bonchev–Trinajstić information content (AvgIpc) is 2.88. The first kappa shape index (κ1) is 13.4. The Hall–Kier alpha value is -2.04. The van der Waals surface area contributed by atoms with Crippen LogP contribution in [0.15, 0.2) is 24.3 Å². The van der Waals surface area contributed by atoms with E-state index in [1.807, 2.05) is 12.1 Å². The molecule has 0 bridgehead atoms. The van der Waals surface area contributed by atoms with Crippen molar-refractivity contribution in [3.8, 4) is 5.75 Å². The molecule has 19 heavy (non-hydrogen) atoms.